The molecule has 24 heavy (non-hydrogen) atoms. The molecule has 1 fully saturated rings. The molecule has 4 heterocycles. The van der Waals surface area contributed by atoms with Crippen LogP contribution in [-0.2, 0) is 12.0 Å². The average Bonchev–Trinajstić information content (AvgIpc) is 3.11. The molecule has 0 radical (unpaired) electrons. The summed E-state index contributed by atoms with van der Waals surface area (Å²) in [5, 5.41) is 13.2. The van der Waals surface area contributed by atoms with Gasteiger partial charge in [0.25, 0.3) is 0 Å². The second kappa shape index (κ2) is 5.74. The third-order valence-corrected chi connectivity index (χ3v) is 5.01. The largest absolute Gasteiger partial charge is 0.465 e. The van der Waals surface area contributed by atoms with Gasteiger partial charge in [0, 0.05) is 36.6 Å². The highest BCUT2D eigenvalue weighted by Gasteiger charge is 2.48. The second-order valence-corrected chi connectivity index (χ2v) is 6.22. The highest BCUT2D eigenvalue weighted by Crippen LogP contribution is 2.45. The Hall–Kier alpha value is -2.70. The second-order valence-electron chi connectivity index (χ2n) is 6.22. The number of hydrogen-bond acceptors (Lipinski definition) is 5. The lowest BCUT2D eigenvalue weighted by atomic mass is 9.76. The molecule has 0 spiro atoms. The number of carbonyl (C=O) groups is 1. The highest BCUT2D eigenvalue weighted by atomic mass is 16.4. The molecule has 7 nitrogen and oxygen atoms in total. The molecule has 2 aliphatic heterocycles. The molecule has 1 atom stereocenters. The Morgan fingerprint density at radius 2 is 2.25 bits per heavy atom. The lowest BCUT2D eigenvalue weighted by Crippen LogP contribution is -2.53. The van der Waals surface area contributed by atoms with Crippen molar-refractivity contribution < 1.29 is 9.90 Å². The number of nitrogens with one attached hydrogen (secondary N) is 1. The van der Waals surface area contributed by atoms with Crippen LogP contribution in [-0.4, -0.2) is 44.1 Å². The fourth-order valence-corrected chi connectivity index (χ4v) is 3.99. The lowest BCUT2D eigenvalue weighted by Gasteiger charge is -2.46. The van der Waals surface area contributed by atoms with Crippen LogP contribution in [0.25, 0.3) is 0 Å². The standard InChI is InChI=1S/C17H19N5O2/c23-16(24)22-9-2-1-6-17(22,12-4-3-7-18-10-12)14-13-5-8-19-15(13)21-11-20-14/h3-4,7,10-11H,1-2,5-6,8-9H2,(H,23,24)(H,19,20,21). The maximum atomic E-state index is 12.1. The molecule has 1 unspecified atom stereocenters. The van der Waals surface area contributed by atoms with Crippen LogP contribution in [0.5, 0.6) is 0 Å². The third-order valence-electron chi connectivity index (χ3n) is 5.01. The predicted molar refractivity (Wildman–Crippen MR) is 87.8 cm³/mol. The van der Waals surface area contributed by atoms with E-state index in [1.807, 2.05) is 12.1 Å². The number of pyridine rings is 1. The molecule has 4 rings (SSSR count). The van der Waals surface area contributed by atoms with Crippen LogP contribution in [0.3, 0.4) is 0 Å². The van der Waals surface area contributed by atoms with E-state index in [1.165, 1.54) is 11.2 Å². The number of nitrogens with zero attached hydrogens (tertiary/aromatic N) is 4. The van der Waals surface area contributed by atoms with Crippen LogP contribution in [0.2, 0.25) is 0 Å². The van der Waals surface area contributed by atoms with E-state index in [9.17, 15) is 9.90 Å². The molecule has 2 aromatic heterocycles. The van der Waals surface area contributed by atoms with Crippen LogP contribution < -0.4 is 5.32 Å². The van der Waals surface area contributed by atoms with Gasteiger partial charge in [0.1, 0.15) is 17.7 Å². The number of amides is 1. The summed E-state index contributed by atoms with van der Waals surface area (Å²) in [6.07, 6.45) is 7.39. The van der Waals surface area contributed by atoms with Crippen molar-refractivity contribution in [3.63, 3.8) is 0 Å². The van der Waals surface area contributed by atoms with Crippen molar-refractivity contribution in [2.45, 2.75) is 31.2 Å². The summed E-state index contributed by atoms with van der Waals surface area (Å²) in [6.45, 7) is 1.30. The first-order chi connectivity index (χ1) is 11.7. The summed E-state index contributed by atoms with van der Waals surface area (Å²) in [5.74, 6) is 0.819. The summed E-state index contributed by atoms with van der Waals surface area (Å²) in [7, 11) is 0. The van der Waals surface area contributed by atoms with Crippen molar-refractivity contribution in [2.75, 3.05) is 18.4 Å². The van der Waals surface area contributed by atoms with Gasteiger partial charge in [0.2, 0.25) is 0 Å². The smallest absolute Gasteiger partial charge is 0.408 e. The topological polar surface area (TPSA) is 91.2 Å². The zero-order valence-electron chi connectivity index (χ0n) is 13.3. The third kappa shape index (κ3) is 2.11. The summed E-state index contributed by atoms with van der Waals surface area (Å²) in [4.78, 5) is 26.7. The SMILES string of the molecule is O=C(O)N1CCCCC1(c1cccnc1)c1ncnc2c1CCN2. The number of anilines is 1. The Kier molecular flexibility index (Phi) is 3.55. The molecule has 1 saturated heterocycles. The van der Waals surface area contributed by atoms with Crippen molar-refractivity contribution >= 4 is 11.9 Å². The number of aromatic nitrogens is 3. The van der Waals surface area contributed by atoms with Gasteiger partial charge in [-0.15, -0.1) is 0 Å². The van der Waals surface area contributed by atoms with E-state index < -0.39 is 11.6 Å². The molecular weight excluding hydrogens is 306 g/mol. The molecule has 0 aliphatic carbocycles. The van der Waals surface area contributed by atoms with E-state index >= 15 is 0 Å². The number of carboxylic acid groups (broad SMARTS) is 1. The normalized spacial score (nSPS) is 22.8. The minimum Gasteiger partial charge on any atom is -0.465 e. The molecular formula is C17H19N5O2. The summed E-state index contributed by atoms with van der Waals surface area (Å²) in [6, 6.07) is 3.80. The maximum absolute atomic E-state index is 12.1. The summed E-state index contributed by atoms with van der Waals surface area (Å²) in [5.41, 5.74) is 1.90. The Morgan fingerprint density at radius 3 is 3.04 bits per heavy atom. The van der Waals surface area contributed by atoms with Gasteiger partial charge < -0.3 is 10.4 Å². The fourth-order valence-electron chi connectivity index (χ4n) is 3.99. The van der Waals surface area contributed by atoms with Gasteiger partial charge in [-0.1, -0.05) is 6.07 Å². The van der Waals surface area contributed by atoms with E-state index in [2.05, 4.69) is 20.3 Å². The predicted octanol–water partition coefficient (Wildman–Crippen LogP) is 2.25. The number of piperidine rings is 1. The molecule has 0 saturated carbocycles. The maximum Gasteiger partial charge on any atom is 0.408 e. The Morgan fingerprint density at radius 1 is 1.33 bits per heavy atom. The van der Waals surface area contributed by atoms with Crippen LogP contribution >= 0.6 is 0 Å². The van der Waals surface area contributed by atoms with Gasteiger partial charge in [-0.25, -0.2) is 14.8 Å². The molecule has 0 aromatic carbocycles. The van der Waals surface area contributed by atoms with E-state index in [4.69, 9.17) is 0 Å². The van der Waals surface area contributed by atoms with Crippen LogP contribution in [0.4, 0.5) is 10.6 Å². The van der Waals surface area contributed by atoms with Crippen molar-refractivity contribution in [3.05, 3.63) is 47.7 Å². The van der Waals surface area contributed by atoms with E-state index in [-0.39, 0.29) is 0 Å². The zero-order chi connectivity index (χ0) is 16.6. The van der Waals surface area contributed by atoms with Crippen molar-refractivity contribution in [2.24, 2.45) is 0 Å². The van der Waals surface area contributed by atoms with E-state index in [0.29, 0.717) is 13.0 Å². The van der Waals surface area contributed by atoms with Gasteiger partial charge in [0.15, 0.2) is 0 Å². The zero-order valence-corrected chi connectivity index (χ0v) is 13.3. The van der Waals surface area contributed by atoms with Gasteiger partial charge in [0.05, 0.1) is 5.69 Å². The Labute approximate surface area is 139 Å². The molecule has 0 bridgehead atoms. The summed E-state index contributed by atoms with van der Waals surface area (Å²) < 4.78 is 0. The number of likely N-dealkylation sites (tertiary alicyclic amines) is 1. The molecule has 2 N–H and O–H groups in total. The van der Waals surface area contributed by atoms with Crippen LogP contribution in [0.15, 0.2) is 30.9 Å². The van der Waals surface area contributed by atoms with Crippen LogP contribution in [0.1, 0.15) is 36.1 Å². The number of fused-ring (bicyclic) bond motifs is 1. The number of hydrogen-bond donors (Lipinski definition) is 2. The molecule has 7 heteroatoms. The molecule has 2 aliphatic rings. The fraction of sp³-hybridized carbons (Fsp3) is 0.412. The molecule has 124 valence electrons. The first-order valence-corrected chi connectivity index (χ1v) is 8.23. The first kappa shape index (κ1) is 14.9. The number of rotatable bonds is 2. The summed E-state index contributed by atoms with van der Waals surface area (Å²) >= 11 is 0. The first-order valence-electron chi connectivity index (χ1n) is 8.23. The van der Waals surface area contributed by atoms with Crippen molar-refractivity contribution in [1.29, 1.82) is 0 Å². The minimum absolute atomic E-state index is 0.496. The Balaban J connectivity index is 1.98. The van der Waals surface area contributed by atoms with E-state index in [1.54, 1.807) is 12.4 Å². The minimum atomic E-state index is -0.920. The highest BCUT2D eigenvalue weighted by molar-refractivity contribution is 5.69. The Bertz CT molecular complexity index is 767. The van der Waals surface area contributed by atoms with Gasteiger partial charge in [-0.05, 0) is 31.7 Å². The lowest BCUT2D eigenvalue weighted by molar-refractivity contribution is 0.0650. The molecule has 1 amide bonds. The monoisotopic (exact) mass is 325 g/mol. The quantitative estimate of drug-likeness (QED) is 0.880. The van der Waals surface area contributed by atoms with Crippen molar-refractivity contribution in [3.8, 4) is 0 Å². The van der Waals surface area contributed by atoms with Gasteiger partial charge >= 0.3 is 6.09 Å². The van der Waals surface area contributed by atoms with E-state index in [0.717, 1.165) is 48.4 Å². The molecule has 2 aromatic rings. The van der Waals surface area contributed by atoms with Crippen LogP contribution in [0, 0.1) is 0 Å². The average molecular weight is 325 g/mol. The van der Waals surface area contributed by atoms with Gasteiger partial charge in [-0.3, -0.25) is 9.88 Å². The van der Waals surface area contributed by atoms with Crippen molar-refractivity contribution in [1.82, 2.24) is 19.9 Å². The van der Waals surface area contributed by atoms with Gasteiger partial charge in [-0.2, -0.15) is 0 Å².